The molecule has 0 radical (unpaired) electrons. The molecule has 1 aromatic rings. The molecule has 84 valence electrons. The van der Waals surface area contributed by atoms with Crippen molar-refractivity contribution in [1.82, 2.24) is 10.3 Å². The summed E-state index contributed by atoms with van der Waals surface area (Å²) < 4.78 is 14.3. The summed E-state index contributed by atoms with van der Waals surface area (Å²) in [6, 6.07) is 3.74. The highest BCUT2D eigenvalue weighted by Gasteiger charge is 2.31. The molecule has 0 bridgehead atoms. The average molecular weight is 219 g/mol. The Hall–Kier alpha value is -1.47. The third kappa shape index (κ3) is 2.56. The van der Waals surface area contributed by atoms with Crippen molar-refractivity contribution in [3.63, 3.8) is 0 Å². The number of nitrogens with zero attached hydrogens (tertiary/aromatic N) is 2. The summed E-state index contributed by atoms with van der Waals surface area (Å²) >= 11 is 0. The Morgan fingerprint density at radius 2 is 2.19 bits per heavy atom. The predicted molar refractivity (Wildman–Crippen MR) is 58.6 cm³/mol. The zero-order chi connectivity index (χ0) is 11.4. The van der Waals surface area contributed by atoms with Gasteiger partial charge in [0.2, 0.25) is 0 Å². The second-order valence-corrected chi connectivity index (χ2v) is 4.27. The Bertz CT molecular complexity index is 405. The number of piperidine rings is 1. The van der Waals surface area contributed by atoms with Crippen LogP contribution in [0.3, 0.4) is 0 Å². The number of alkyl halides is 1. The first-order valence-electron chi connectivity index (χ1n) is 5.46. The lowest BCUT2D eigenvalue weighted by Crippen LogP contribution is -2.40. The highest BCUT2D eigenvalue weighted by Crippen LogP contribution is 2.27. The van der Waals surface area contributed by atoms with Crippen LogP contribution >= 0.6 is 0 Å². The first kappa shape index (κ1) is 11.0. The van der Waals surface area contributed by atoms with Crippen LogP contribution in [-0.4, -0.2) is 23.7 Å². The van der Waals surface area contributed by atoms with E-state index in [4.69, 9.17) is 5.26 Å². The van der Waals surface area contributed by atoms with Crippen LogP contribution in [0.2, 0.25) is 0 Å². The first-order valence-corrected chi connectivity index (χ1v) is 5.46. The van der Waals surface area contributed by atoms with E-state index in [2.05, 4.69) is 10.3 Å². The van der Waals surface area contributed by atoms with Gasteiger partial charge >= 0.3 is 0 Å². The molecule has 3 nitrogen and oxygen atoms in total. The second kappa shape index (κ2) is 4.58. The van der Waals surface area contributed by atoms with Crippen LogP contribution in [0.5, 0.6) is 0 Å². The van der Waals surface area contributed by atoms with Gasteiger partial charge < -0.3 is 5.32 Å². The molecule has 1 aromatic heterocycles. The van der Waals surface area contributed by atoms with Crippen LogP contribution in [0.15, 0.2) is 18.5 Å². The number of halogens is 1. The van der Waals surface area contributed by atoms with Gasteiger partial charge in [-0.25, -0.2) is 4.39 Å². The SMILES string of the molecule is N#Cc1cncc(CC2(F)CCNCC2)c1. The summed E-state index contributed by atoms with van der Waals surface area (Å²) in [6.07, 6.45) is 4.56. The summed E-state index contributed by atoms with van der Waals surface area (Å²) in [5, 5.41) is 11.9. The van der Waals surface area contributed by atoms with E-state index in [1.54, 1.807) is 12.3 Å². The Morgan fingerprint density at radius 3 is 2.88 bits per heavy atom. The van der Waals surface area contributed by atoms with Gasteiger partial charge in [0.25, 0.3) is 0 Å². The van der Waals surface area contributed by atoms with Gasteiger partial charge in [-0.2, -0.15) is 5.26 Å². The quantitative estimate of drug-likeness (QED) is 0.821. The van der Waals surface area contributed by atoms with Gasteiger partial charge in [-0.15, -0.1) is 0 Å². The van der Waals surface area contributed by atoms with Crippen molar-refractivity contribution in [3.05, 3.63) is 29.6 Å². The van der Waals surface area contributed by atoms with Crippen molar-refractivity contribution in [3.8, 4) is 6.07 Å². The van der Waals surface area contributed by atoms with Crippen molar-refractivity contribution >= 4 is 0 Å². The number of rotatable bonds is 2. The monoisotopic (exact) mass is 219 g/mol. The van der Waals surface area contributed by atoms with Crippen molar-refractivity contribution in [2.75, 3.05) is 13.1 Å². The molecule has 0 aliphatic carbocycles. The smallest absolute Gasteiger partial charge is 0.117 e. The Labute approximate surface area is 94.3 Å². The topological polar surface area (TPSA) is 48.7 Å². The largest absolute Gasteiger partial charge is 0.316 e. The molecule has 0 amide bonds. The maximum atomic E-state index is 14.3. The molecule has 2 heterocycles. The van der Waals surface area contributed by atoms with E-state index in [1.165, 1.54) is 6.20 Å². The minimum atomic E-state index is -1.14. The number of hydrogen-bond acceptors (Lipinski definition) is 3. The number of aromatic nitrogens is 1. The summed E-state index contributed by atoms with van der Waals surface area (Å²) in [4.78, 5) is 3.95. The van der Waals surface area contributed by atoms with Crippen LogP contribution in [-0.2, 0) is 6.42 Å². The van der Waals surface area contributed by atoms with Crippen molar-refractivity contribution in [2.45, 2.75) is 24.9 Å². The van der Waals surface area contributed by atoms with E-state index in [0.717, 1.165) is 18.7 Å². The lowest BCUT2D eigenvalue weighted by Gasteiger charge is -2.30. The van der Waals surface area contributed by atoms with Crippen LogP contribution in [0.25, 0.3) is 0 Å². The fourth-order valence-electron chi connectivity index (χ4n) is 2.06. The van der Waals surface area contributed by atoms with Gasteiger partial charge in [-0.05, 0) is 37.6 Å². The molecule has 1 aliphatic rings. The summed E-state index contributed by atoms with van der Waals surface area (Å²) in [5.41, 5.74) is 0.166. The number of pyridine rings is 1. The highest BCUT2D eigenvalue weighted by atomic mass is 19.1. The van der Waals surface area contributed by atoms with Crippen LogP contribution in [0.1, 0.15) is 24.0 Å². The third-order valence-electron chi connectivity index (χ3n) is 2.94. The Balaban J connectivity index is 2.10. The maximum absolute atomic E-state index is 14.3. The van der Waals surface area contributed by atoms with E-state index in [9.17, 15) is 4.39 Å². The molecule has 2 rings (SSSR count). The minimum Gasteiger partial charge on any atom is -0.316 e. The van der Waals surface area contributed by atoms with Gasteiger partial charge in [0.1, 0.15) is 11.7 Å². The molecule has 1 saturated heterocycles. The highest BCUT2D eigenvalue weighted by molar-refractivity contribution is 5.29. The van der Waals surface area contributed by atoms with E-state index >= 15 is 0 Å². The van der Waals surface area contributed by atoms with Gasteiger partial charge in [-0.1, -0.05) is 0 Å². The summed E-state index contributed by atoms with van der Waals surface area (Å²) in [7, 11) is 0. The van der Waals surface area contributed by atoms with Crippen molar-refractivity contribution in [2.24, 2.45) is 0 Å². The standard InChI is InChI=1S/C12H14FN3/c13-12(1-3-15-4-2-12)6-10-5-11(7-14)9-16-8-10/h5,8-9,15H,1-4,6H2. The van der Waals surface area contributed by atoms with Gasteiger partial charge in [0.15, 0.2) is 0 Å². The molecule has 1 N–H and O–H groups in total. The molecule has 0 spiro atoms. The minimum absolute atomic E-state index is 0.358. The Morgan fingerprint density at radius 1 is 1.44 bits per heavy atom. The van der Waals surface area contributed by atoms with E-state index in [1.807, 2.05) is 6.07 Å². The van der Waals surface area contributed by atoms with E-state index in [0.29, 0.717) is 24.8 Å². The Kier molecular flexibility index (Phi) is 3.16. The van der Waals surface area contributed by atoms with Crippen LogP contribution < -0.4 is 5.32 Å². The van der Waals surface area contributed by atoms with Gasteiger partial charge in [0.05, 0.1) is 5.56 Å². The fourth-order valence-corrected chi connectivity index (χ4v) is 2.06. The fraction of sp³-hybridized carbons (Fsp3) is 0.500. The molecular formula is C12H14FN3. The molecule has 0 atom stereocenters. The second-order valence-electron chi connectivity index (χ2n) is 4.27. The first-order chi connectivity index (χ1) is 7.72. The number of nitrogens with one attached hydrogen (secondary N) is 1. The third-order valence-corrected chi connectivity index (χ3v) is 2.94. The molecular weight excluding hydrogens is 205 g/mol. The van der Waals surface area contributed by atoms with Crippen LogP contribution in [0, 0.1) is 11.3 Å². The average Bonchev–Trinajstić information content (AvgIpc) is 2.29. The molecule has 4 heteroatoms. The molecule has 0 saturated carbocycles. The zero-order valence-corrected chi connectivity index (χ0v) is 9.04. The molecule has 16 heavy (non-hydrogen) atoms. The number of hydrogen-bond donors (Lipinski definition) is 1. The van der Waals surface area contributed by atoms with Gasteiger partial charge in [0, 0.05) is 18.8 Å². The van der Waals surface area contributed by atoms with Crippen molar-refractivity contribution in [1.29, 1.82) is 5.26 Å². The predicted octanol–water partition coefficient (Wildman–Crippen LogP) is 1.59. The van der Waals surface area contributed by atoms with Crippen molar-refractivity contribution < 1.29 is 4.39 Å². The van der Waals surface area contributed by atoms with E-state index in [-0.39, 0.29) is 0 Å². The molecule has 1 aliphatic heterocycles. The van der Waals surface area contributed by atoms with E-state index < -0.39 is 5.67 Å². The van der Waals surface area contributed by atoms with Crippen LogP contribution in [0.4, 0.5) is 4.39 Å². The molecule has 0 unspecified atom stereocenters. The normalized spacial score (nSPS) is 19.0. The number of nitriles is 1. The molecule has 0 aromatic carbocycles. The molecule has 1 fully saturated rings. The van der Waals surface area contributed by atoms with Gasteiger partial charge in [-0.3, -0.25) is 4.98 Å². The summed E-state index contributed by atoms with van der Waals surface area (Å²) in [5.74, 6) is 0. The summed E-state index contributed by atoms with van der Waals surface area (Å²) in [6.45, 7) is 1.45. The zero-order valence-electron chi connectivity index (χ0n) is 9.04. The maximum Gasteiger partial charge on any atom is 0.117 e. The lowest BCUT2D eigenvalue weighted by molar-refractivity contribution is 0.116. The lowest BCUT2D eigenvalue weighted by atomic mass is 9.88.